The number of rotatable bonds is 3. The van der Waals surface area contributed by atoms with E-state index in [1.807, 2.05) is 0 Å². The molecule has 1 aromatic heterocycles. The molecule has 0 atom stereocenters. The third-order valence-corrected chi connectivity index (χ3v) is 3.85. The Morgan fingerprint density at radius 1 is 1.16 bits per heavy atom. The van der Waals surface area contributed by atoms with E-state index >= 15 is 0 Å². The Morgan fingerprint density at radius 2 is 1.84 bits per heavy atom. The molecule has 0 radical (unpaired) electrons. The second-order valence-electron chi connectivity index (χ2n) is 5.97. The molecule has 0 amide bonds. The van der Waals surface area contributed by atoms with Crippen LogP contribution in [0, 0.1) is 0 Å². The normalized spacial score (nSPS) is 12.1. The van der Waals surface area contributed by atoms with Gasteiger partial charge in [0.2, 0.25) is 5.78 Å². The second kappa shape index (κ2) is 5.91. The monoisotopic (exact) mass is 348 g/mol. The van der Waals surface area contributed by atoms with Crippen LogP contribution in [0.2, 0.25) is 0 Å². The number of halogens is 3. The van der Waals surface area contributed by atoms with E-state index in [-0.39, 0.29) is 34.0 Å². The molecule has 0 aliphatic rings. The van der Waals surface area contributed by atoms with Gasteiger partial charge in [0.1, 0.15) is 11.4 Å². The van der Waals surface area contributed by atoms with Gasteiger partial charge in [0.25, 0.3) is 0 Å². The number of benzene rings is 2. The fourth-order valence-electron chi connectivity index (χ4n) is 2.75. The predicted octanol–water partition coefficient (Wildman–Crippen LogP) is 4.57. The summed E-state index contributed by atoms with van der Waals surface area (Å²) in [6, 6.07) is 8.96. The summed E-state index contributed by atoms with van der Waals surface area (Å²) in [5, 5.41) is 13.8. The molecule has 0 aliphatic carbocycles. The number of phenols is 1. The number of phenolic OH excluding ortho intramolecular Hbond substituents is 1. The van der Waals surface area contributed by atoms with Crippen LogP contribution in [0.15, 0.2) is 42.5 Å². The molecule has 130 valence electrons. The number of carbonyl (C=O) groups is 1. The molecule has 4 nitrogen and oxygen atoms in total. The summed E-state index contributed by atoms with van der Waals surface area (Å²) in [6.45, 7) is 3.39. The van der Waals surface area contributed by atoms with Gasteiger partial charge in [0, 0.05) is 17.0 Å². The molecule has 0 fully saturated rings. The van der Waals surface area contributed by atoms with E-state index in [1.54, 1.807) is 13.8 Å². The van der Waals surface area contributed by atoms with Crippen molar-refractivity contribution in [2.75, 3.05) is 0 Å². The van der Waals surface area contributed by atoms with Gasteiger partial charge in [-0.15, -0.1) is 0 Å². The summed E-state index contributed by atoms with van der Waals surface area (Å²) in [5.74, 6) is -0.644. The zero-order chi connectivity index (χ0) is 18.4. The Labute approximate surface area is 141 Å². The topological polar surface area (TPSA) is 55.1 Å². The molecule has 7 heteroatoms. The van der Waals surface area contributed by atoms with Crippen molar-refractivity contribution in [1.82, 2.24) is 9.78 Å². The number of hydrogen-bond acceptors (Lipinski definition) is 3. The number of ketones is 1. The lowest BCUT2D eigenvalue weighted by atomic mass is 10.0. The van der Waals surface area contributed by atoms with Crippen LogP contribution < -0.4 is 0 Å². The molecule has 25 heavy (non-hydrogen) atoms. The summed E-state index contributed by atoms with van der Waals surface area (Å²) in [4.78, 5) is 12.7. The molecule has 3 rings (SSSR count). The van der Waals surface area contributed by atoms with Crippen molar-refractivity contribution < 1.29 is 23.1 Å². The highest BCUT2D eigenvalue weighted by molar-refractivity contribution is 6.15. The summed E-state index contributed by atoms with van der Waals surface area (Å²) in [5.41, 5.74) is -0.859. The molecule has 1 heterocycles. The number of aromatic nitrogens is 2. The lowest BCUT2D eigenvalue weighted by molar-refractivity contribution is -0.136. The molecule has 0 spiro atoms. The highest BCUT2D eigenvalue weighted by Crippen LogP contribution is 2.37. The summed E-state index contributed by atoms with van der Waals surface area (Å²) < 4.78 is 41.4. The lowest BCUT2D eigenvalue weighted by Gasteiger charge is -2.12. The minimum absolute atomic E-state index is 0.0691. The Kier molecular flexibility index (Phi) is 4.02. The number of carbonyl (C=O) groups excluding carboxylic acids is 1. The smallest absolute Gasteiger partial charge is 0.418 e. The van der Waals surface area contributed by atoms with E-state index < -0.39 is 17.5 Å². The maximum Gasteiger partial charge on any atom is 0.418 e. The van der Waals surface area contributed by atoms with Gasteiger partial charge in [-0.1, -0.05) is 24.3 Å². The SMILES string of the molecule is CC(C)n1nc(C(=O)c2cccc(O)c2)c2cccc(C(F)(F)F)c21. The number of alkyl halides is 3. The second-order valence-corrected chi connectivity index (χ2v) is 5.97. The van der Waals surface area contributed by atoms with E-state index in [4.69, 9.17) is 0 Å². The largest absolute Gasteiger partial charge is 0.508 e. The zero-order valence-corrected chi connectivity index (χ0v) is 13.5. The average molecular weight is 348 g/mol. The number of aromatic hydroxyl groups is 1. The first-order valence-corrected chi connectivity index (χ1v) is 7.62. The minimum atomic E-state index is -4.56. The molecule has 0 unspecified atom stereocenters. The lowest BCUT2D eigenvalue weighted by Crippen LogP contribution is -2.11. The van der Waals surface area contributed by atoms with Gasteiger partial charge in [0.15, 0.2) is 0 Å². The van der Waals surface area contributed by atoms with Crippen molar-refractivity contribution in [3.05, 3.63) is 59.3 Å². The van der Waals surface area contributed by atoms with Gasteiger partial charge < -0.3 is 5.11 Å². The Bertz CT molecular complexity index is 959. The highest BCUT2D eigenvalue weighted by Gasteiger charge is 2.35. The number of fused-ring (bicyclic) bond motifs is 1. The van der Waals surface area contributed by atoms with Crippen molar-refractivity contribution in [3.63, 3.8) is 0 Å². The molecular weight excluding hydrogens is 333 g/mol. The fourth-order valence-corrected chi connectivity index (χ4v) is 2.75. The Morgan fingerprint density at radius 3 is 2.44 bits per heavy atom. The highest BCUT2D eigenvalue weighted by atomic mass is 19.4. The van der Waals surface area contributed by atoms with Crippen molar-refractivity contribution >= 4 is 16.7 Å². The summed E-state index contributed by atoms with van der Waals surface area (Å²) in [6.07, 6.45) is -4.56. The molecular formula is C18H15F3N2O2. The minimum Gasteiger partial charge on any atom is -0.508 e. The predicted molar refractivity (Wildman–Crippen MR) is 86.7 cm³/mol. The van der Waals surface area contributed by atoms with Crippen LogP contribution in [-0.4, -0.2) is 20.7 Å². The van der Waals surface area contributed by atoms with Gasteiger partial charge >= 0.3 is 6.18 Å². The van der Waals surface area contributed by atoms with E-state index in [9.17, 15) is 23.1 Å². The quantitative estimate of drug-likeness (QED) is 0.705. The van der Waals surface area contributed by atoms with E-state index in [0.717, 1.165) is 6.07 Å². The van der Waals surface area contributed by atoms with Crippen LogP contribution in [0.3, 0.4) is 0 Å². The fraction of sp³-hybridized carbons (Fsp3) is 0.222. The maximum atomic E-state index is 13.4. The molecule has 1 N–H and O–H groups in total. The summed E-state index contributed by atoms with van der Waals surface area (Å²) in [7, 11) is 0. The van der Waals surface area contributed by atoms with Gasteiger partial charge in [-0.2, -0.15) is 18.3 Å². The molecule has 3 aromatic rings. The van der Waals surface area contributed by atoms with E-state index in [0.29, 0.717) is 0 Å². The average Bonchev–Trinajstić information content (AvgIpc) is 2.93. The van der Waals surface area contributed by atoms with Gasteiger partial charge in [-0.05, 0) is 32.0 Å². The van der Waals surface area contributed by atoms with E-state index in [1.165, 1.54) is 41.1 Å². The number of hydrogen-bond donors (Lipinski definition) is 1. The molecule has 0 aliphatic heterocycles. The van der Waals surface area contributed by atoms with Crippen LogP contribution in [0.4, 0.5) is 13.2 Å². The third kappa shape index (κ3) is 2.97. The standard InChI is InChI=1S/C18H15F3N2O2/c1-10(2)23-16-13(7-4-8-14(16)18(19,20)21)15(22-23)17(25)11-5-3-6-12(24)9-11/h3-10,24H,1-2H3. The van der Waals surface area contributed by atoms with Crippen LogP contribution >= 0.6 is 0 Å². The van der Waals surface area contributed by atoms with Crippen molar-refractivity contribution in [3.8, 4) is 5.75 Å². The first-order chi connectivity index (χ1) is 11.7. The molecule has 2 aromatic carbocycles. The van der Waals surface area contributed by atoms with Crippen LogP contribution in [0.5, 0.6) is 5.75 Å². The van der Waals surface area contributed by atoms with E-state index in [2.05, 4.69) is 5.10 Å². The van der Waals surface area contributed by atoms with Crippen molar-refractivity contribution in [2.45, 2.75) is 26.1 Å². The number of nitrogens with zero attached hydrogens (tertiary/aromatic N) is 2. The van der Waals surface area contributed by atoms with Crippen LogP contribution in [-0.2, 0) is 6.18 Å². The van der Waals surface area contributed by atoms with Crippen LogP contribution in [0.25, 0.3) is 10.9 Å². The van der Waals surface area contributed by atoms with Crippen LogP contribution in [0.1, 0.15) is 41.5 Å². The van der Waals surface area contributed by atoms with Crippen molar-refractivity contribution in [2.24, 2.45) is 0 Å². The van der Waals surface area contributed by atoms with Gasteiger partial charge in [-0.25, -0.2) is 0 Å². The Balaban J connectivity index is 2.29. The first-order valence-electron chi connectivity index (χ1n) is 7.62. The summed E-state index contributed by atoms with van der Waals surface area (Å²) >= 11 is 0. The first kappa shape index (κ1) is 17.0. The maximum absolute atomic E-state index is 13.4. The molecule has 0 saturated carbocycles. The molecule has 0 saturated heterocycles. The Hall–Kier alpha value is -2.83. The van der Waals surface area contributed by atoms with Gasteiger partial charge in [-0.3, -0.25) is 9.48 Å². The third-order valence-electron chi connectivity index (χ3n) is 3.85. The zero-order valence-electron chi connectivity index (χ0n) is 13.5. The van der Waals surface area contributed by atoms with Crippen molar-refractivity contribution in [1.29, 1.82) is 0 Å². The molecule has 0 bridgehead atoms. The number of para-hydroxylation sites is 1. The van der Waals surface area contributed by atoms with Gasteiger partial charge in [0.05, 0.1) is 11.1 Å².